The summed E-state index contributed by atoms with van der Waals surface area (Å²) in [6.07, 6.45) is 1.49. The van der Waals surface area contributed by atoms with Gasteiger partial charge in [-0.15, -0.1) is 11.3 Å². The predicted molar refractivity (Wildman–Crippen MR) is 107 cm³/mol. The lowest BCUT2D eigenvalue weighted by atomic mass is 10.2. The molecule has 0 saturated carbocycles. The first-order valence-electron chi connectivity index (χ1n) is 8.68. The molecule has 0 fully saturated rings. The second-order valence-corrected chi connectivity index (χ2v) is 6.82. The Balaban J connectivity index is 1.31. The van der Waals surface area contributed by atoms with Gasteiger partial charge in [-0.3, -0.25) is 0 Å². The first-order valence-corrected chi connectivity index (χ1v) is 9.56. The Morgan fingerprint density at radius 3 is 2.57 bits per heavy atom. The number of hydrogen-bond donors (Lipinski definition) is 1. The highest BCUT2D eigenvalue weighted by Gasteiger charge is 2.14. The molecule has 140 valence electrons. The molecular formula is C21H17N3O3S. The molecule has 1 N–H and O–H groups in total. The van der Waals surface area contributed by atoms with Gasteiger partial charge in [0.05, 0.1) is 0 Å². The Labute approximate surface area is 165 Å². The molecule has 0 radical (unpaired) electrons. The summed E-state index contributed by atoms with van der Waals surface area (Å²) in [6, 6.07) is 19.5. The van der Waals surface area contributed by atoms with Crippen LogP contribution in [0.15, 0.2) is 76.7 Å². The molecule has 0 bridgehead atoms. The van der Waals surface area contributed by atoms with Crippen molar-refractivity contribution in [2.24, 2.45) is 0 Å². The number of carbonyl (C=O) groups is 1. The molecular weight excluding hydrogens is 374 g/mol. The highest BCUT2D eigenvalue weighted by atomic mass is 32.1. The molecule has 0 aliphatic carbocycles. The summed E-state index contributed by atoms with van der Waals surface area (Å²) < 4.78 is 10.7. The van der Waals surface area contributed by atoms with Crippen LogP contribution in [0.5, 0.6) is 0 Å². The van der Waals surface area contributed by atoms with Crippen molar-refractivity contribution in [2.45, 2.75) is 13.2 Å². The Morgan fingerprint density at radius 1 is 1.04 bits per heavy atom. The van der Waals surface area contributed by atoms with Crippen LogP contribution in [-0.2, 0) is 17.9 Å². The topological polar surface area (TPSA) is 77.2 Å². The van der Waals surface area contributed by atoms with Gasteiger partial charge in [-0.2, -0.15) is 0 Å². The van der Waals surface area contributed by atoms with Gasteiger partial charge >= 0.3 is 5.97 Å². The number of anilines is 1. The number of benzene rings is 2. The minimum Gasteiger partial charge on any atom is -0.454 e. The van der Waals surface area contributed by atoms with E-state index in [-0.39, 0.29) is 12.3 Å². The van der Waals surface area contributed by atoms with Crippen molar-refractivity contribution in [3.8, 4) is 11.5 Å². The number of hydrogen-bond acceptors (Lipinski definition) is 7. The molecule has 0 spiro atoms. The number of rotatable bonds is 7. The fraction of sp³-hybridized carbons (Fsp3) is 0.0952. The average Bonchev–Trinajstić information content (AvgIpc) is 3.42. The Morgan fingerprint density at radius 2 is 1.79 bits per heavy atom. The van der Waals surface area contributed by atoms with Gasteiger partial charge in [0.25, 0.3) is 0 Å². The molecule has 4 rings (SSSR count). The molecule has 0 unspecified atom stereocenters. The minimum absolute atomic E-state index is 0.0273. The van der Waals surface area contributed by atoms with E-state index in [0.717, 1.165) is 11.1 Å². The van der Waals surface area contributed by atoms with E-state index >= 15 is 0 Å². The number of nitrogens with zero attached hydrogens (tertiary/aromatic N) is 2. The van der Waals surface area contributed by atoms with Crippen LogP contribution in [-0.4, -0.2) is 15.9 Å². The van der Waals surface area contributed by atoms with Gasteiger partial charge in [0, 0.05) is 17.5 Å². The van der Waals surface area contributed by atoms with Crippen LogP contribution in [0.2, 0.25) is 0 Å². The zero-order chi connectivity index (χ0) is 19.2. The van der Waals surface area contributed by atoms with E-state index in [4.69, 9.17) is 9.15 Å². The number of oxazole rings is 1. The van der Waals surface area contributed by atoms with Crippen molar-refractivity contribution < 1.29 is 13.9 Å². The molecule has 2 heterocycles. The molecule has 0 aliphatic rings. The summed E-state index contributed by atoms with van der Waals surface area (Å²) in [5, 5.41) is 5.55. The number of nitrogens with one attached hydrogen (secondary N) is 1. The molecule has 0 atom stereocenters. The van der Waals surface area contributed by atoms with Crippen LogP contribution < -0.4 is 5.32 Å². The van der Waals surface area contributed by atoms with Gasteiger partial charge in [-0.25, -0.2) is 14.8 Å². The van der Waals surface area contributed by atoms with Crippen molar-refractivity contribution in [3.05, 3.63) is 89.3 Å². The summed E-state index contributed by atoms with van der Waals surface area (Å²) >= 11 is 1.36. The monoisotopic (exact) mass is 391 g/mol. The first-order chi connectivity index (χ1) is 13.8. The van der Waals surface area contributed by atoms with E-state index in [0.29, 0.717) is 23.3 Å². The smallest absolute Gasteiger partial charge is 0.358 e. The molecule has 2 aromatic carbocycles. The van der Waals surface area contributed by atoms with Crippen LogP contribution in [0.1, 0.15) is 21.7 Å². The lowest BCUT2D eigenvalue weighted by Gasteiger charge is -2.02. The third-order valence-electron chi connectivity index (χ3n) is 3.92. The first kappa shape index (κ1) is 17.9. The highest BCUT2D eigenvalue weighted by molar-refractivity contribution is 7.13. The van der Waals surface area contributed by atoms with E-state index in [1.54, 1.807) is 5.38 Å². The second kappa shape index (κ2) is 8.49. The number of aromatic nitrogens is 2. The van der Waals surface area contributed by atoms with E-state index < -0.39 is 5.97 Å². The van der Waals surface area contributed by atoms with Crippen molar-refractivity contribution in [2.75, 3.05) is 5.32 Å². The van der Waals surface area contributed by atoms with E-state index in [1.165, 1.54) is 17.6 Å². The highest BCUT2D eigenvalue weighted by Crippen LogP contribution is 2.20. The van der Waals surface area contributed by atoms with Gasteiger partial charge in [-0.05, 0) is 17.7 Å². The van der Waals surface area contributed by atoms with Gasteiger partial charge in [0.15, 0.2) is 10.8 Å². The van der Waals surface area contributed by atoms with Crippen LogP contribution in [0.25, 0.3) is 11.5 Å². The quantitative estimate of drug-likeness (QED) is 0.457. The van der Waals surface area contributed by atoms with Crippen molar-refractivity contribution >= 4 is 22.4 Å². The fourth-order valence-corrected chi connectivity index (χ4v) is 3.20. The number of esters is 1. The third kappa shape index (κ3) is 4.44. The molecule has 2 aromatic heterocycles. The van der Waals surface area contributed by atoms with Crippen molar-refractivity contribution in [1.29, 1.82) is 0 Å². The van der Waals surface area contributed by atoms with Gasteiger partial charge in [-0.1, -0.05) is 48.5 Å². The summed E-state index contributed by atoms with van der Waals surface area (Å²) in [5.41, 5.74) is 2.83. The Kier molecular flexibility index (Phi) is 5.44. The molecule has 0 aliphatic heterocycles. The average molecular weight is 391 g/mol. The Hall–Kier alpha value is -3.45. The maximum absolute atomic E-state index is 12.2. The molecule has 7 heteroatoms. The predicted octanol–water partition coefficient (Wildman–Crippen LogP) is 4.77. The van der Waals surface area contributed by atoms with E-state index in [1.807, 2.05) is 60.7 Å². The zero-order valence-electron chi connectivity index (χ0n) is 14.9. The van der Waals surface area contributed by atoms with E-state index in [2.05, 4.69) is 15.3 Å². The number of thiazole rings is 1. The Bertz CT molecular complexity index is 1040. The maximum Gasteiger partial charge on any atom is 0.358 e. The summed E-state index contributed by atoms with van der Waals surface area (Å²) in [6.45, 7) is 0.670. The number of carbonyl (C=O) groups excluding carboxylic acids is 1. The molecule has 6 nitrogen and oxygen atoms in total. The van der Waals surface area contributed by atoms with Crippen molar-refractivity contribution in [3.63, 3.8) is 0 Å². The van der Waals surface area contributed by atoms with E-state index in [9.17, 15) is 4.79 Å². The SMILES string of the molecule is O=C(OCc1coc(-c2ccccc2)n1)c1csc(NCc2ccccc2)n1. The van der Waals surface area contributed by atoms with Crippen molar-refractivity contribution in [1.82, 2.24) is 9.97 Å². The van der Waals surface area contributed by atoms with Crippen LogP contribution in [0.4, 0.5) is 5.13 Å². The zero-order valence-corrected chi connectivity index (χ0v) is 15.7. The normalized spacial score (nSPS) is 10.6. The van der Waals surface area contributed by atoms with Crippen LogP contribution in [0.3, 0.4) is 0 Å². The molecule has 28 heavy (non-hydrogen) atoms. The van der Waals surface area contributed by atoms with Crippen LogP contribution >= 0.6 is 11.3 Å². The van der Waals surface area contributed by atoms with Gasteiger partial charge in [0.2, 0.25) is 5.89 Å². The standard InChI is InChI=1S/C21H17N3O3S/c25-20(18-14-28-21(24-18)22-11-15-7-3-1-4-8-15)27-13-17-12-26-19(23-17)16-9-5-2-6-10-16/h1-10,12,14H,11,13H2,(H,22,24). The second-order valence-electron chi connectivity index (χ2n) is 5.96. The van der Waals surface area contributed by atoms with Gasteiger partial charge < -0.3 is 14.5 Å². The lowest BCUT2D eigenvalue weighted by Crippen LogP contribution is -2.06. The third-order valence-corrected chi connectivity index (χ3v) is 4.72. The minimum atomic E-state index is -0.492. The van der Waals surface area contributed by atoms with Crippen LogP contribution in [0, 0.1) is 0 Å². The summed E-state index contributed by atoms with van der Waals surface area (Å²) in [4.78, 5) is 20.8. The largest absolute Gasteiger partial charge is 0.454 e. The lowest BCUT2D eigenvalue weighted by molar-refractivity contribution is 0.0462. The fourth-order valence-electron chi connectivity index (χ4n) is 2.52. The number of ether oxygens (including phenoxy) is 1. The maximum atomic E-state index is 12.2. The molecule has 0 amide bonds. The van der Waals surface area contributed by atoms with Gasteiger partial charge in [0.1, 0.15) is 18.6 Å². The molecule has 0 saturated heterocycles. The molecule has 4 aromatic rings. The summed E-state index contributed by atoms with van der Waals surface area (Å²) in [5.74, 6) is 0.000905. The summed E-state index contributed by atoms with van der Waals surface area (Å²) in [7, 11) is 0.